The number of aromatic nitrogens is 3. The maximum atomic E-state index is 12.5. The van der Waals surface area contributed by atoms with Crippen LogP contribution in [0.5, 0.6) is 0 Å². The van der Waals surface area contributed by atoms with Crippen LogP contribution in [-0.4, -0.2) is 38.8 Å². The lowest BCUT2D eigenvalue weighted by Gasteiger charge is -2.31. The van der Waals surface area contributed by atoms with Gasteiger partial charge in [0.25, 0.3) is 5.91 Å². The lowest BCUT2D eigenvalue weighted by molar-refractivity contribution is 0.0684. The van der Waals surface area contributed by atoms with Crippen molar-refractivity contribution in [2.75, 3.05) is 13.1 Å². The Kier molecular flexibility index (Phi) is 4.51. The number of hydrogen-bond acceptors (Lipinski definition) is 3. The van der Waals surface area contributed by atoms with Crippen LogP contribution in [0.4, 0.5) is 0 Å². The fraction of sp³-hybridized carbons (Fsp3) is 0.471. The molecule has 0 unspecified atom stereocenters. The molecule has 2 aromatic rings. The van der Waals surface area contributed by atoms with E-state index in [0.717, 1.165) is 50.2 Å². The van der Waals surface area contributed by atoms with Crippen molar-refractivity contribution in [1.29, 1.82) is 0 Å². The Bertz CT molecular complexity index is 615. The smallest absolute Gasteiger partial charge is 0.272 e. The van der Waals surface area contributed by atoms with E-state index in [1.165, 1.54) is 0 Å². The summed E-state index contributed by atoms with van der Waals surface area (Å²) in [4.78, 5) is 26.1. The molecular formula is C17H22N4O. The molecule has 0 bridgehead atoms. The lowest BCUT2D eigenvalue weighted by atomic mass is 9.93. The van der Waals surface area contributed by atoms with Gasteiger partial charge in [0.15, 0.2) is 0 Å². The van der Waals surface area contributed by atoms with Crippen molar-refractivity contribution in [1.82, 2.24) is 19.9 Å². The van der Waals surface area contributed by atoms with Crippen molar-refractivity contribution >= 4 is 5.91 Å². The number of rotatable bonds is 4. The van der Waals surface area contributed by atoms with E-state index < -0.39 is 0 Å². The number of H-pyrrole nitrogens is 1. The first kappa shape index (κ1) is 14.8. The molecule has 0 radical (unpaired) electrons. The van der Waals surface area contributed by atoms with E-state index in [-0.39, 0.29) is 5.91 Å². The highest BCUT2D eigenvalue weighted by Gasteiger charge is 2.24. The number of aromatic amines is 1. The number of nitrogens with zero attached hydrogens (tertiary/aromatic N) is 3. The number of nitrogens with one attached hydrogen (secondary N) is 1. The van der Waals surface area contributed by atoms with Crippen molar-refractivity contribution in [3.8, 4) is 0 Å². The number of amides is 1. The van der Waals surface area contributed by atoms with E-state index in [0.29, 0.717) is 11.6 Å². The third kappa shape index (κ3) is 3.35. The Hall–Kier alpha value is -2.17. The van der Waals surface area contributed by atoms with Gasteiger partial charge in [0.2, 0.25) is 0 Å². The van der Waals surface area contributed by atoms with E-state index in [4.69, 9.17) is 0 Å². The van der Waals surface area contributed by atoms with Crippen LogP contribution in [0, 0.1) is 5.92 Å². The van der Waals surface area contributed by atoms with Crippen molar-refractivity contribution in [2.45, 2.75) is 32.6 Å². The van der Waals surface area contributed by atoms with Gasteiger partial charge in [-0.15, -0.1) is 0 Å². The van der Waals surface area contributed by atoms with Crippen LogP contribution in [0.3, 0.4) is 0 Å². The predicted molar refractivity (Wildman–Crippen MR) is 84.5 cm³/mol. The number of likely N-dealkylation sites (tertiary alicyclic amines) is 1. The molecule has 0 aliphatic carbocycles. The first-order chi connectivity index (χ1) is 10.8. The molecule has 0 atom stereocenters. The second-order valence-electron chi connectivity index (χ2n) is 5.88. The second kappa shape index (κ2) is 6.73. The van der Waals surface area contributed by atoms with Crippen molar-refractivity contribution in [2.24, 2.45) is 5.92 Å². The van der Waals surface area contributed by atoms with Gasteiger partial charge in [0, 0.05) is 38.1 Å². The number of carbonyl (C=O) groups is 1. The van der Waals surface area contributed by atoms with Crippen molar-refractivity contribution in [3.05, 3.63) is 47.8 Å². The van der Waals surface area contributed by atoms with Gasteiger partial charge in [0.05, 0.1) is 0 Å². The van der Waals surface area contributed by atoms with Gasteiger partial charge in [-0.25, -0.2) is 4.98 Å². The molecule has 5 nitrogen and oxygen atoms in total. The molecule has 22 heavy (non-hydrogen) atoms. The zero-order valence-corrected chi connectivity index (χ0v) is 13.0. The fourth-order valence-electron chi connectivity index (χ4n) is 3.00. The van der Waals surface area contributed by atoms with E-state index in [9.17, 15) is 4.79 Å². The molecule has 1 aliphatic rings. The molecule has 1 fully saturated rings. The summed E-state index contributed by atoms with van der Waals surface area (Å²) < 4.78 is 0. The second-order valence-corrected chi connectivity index (χ2v) is 5.88. The lowest BCUT2D eigenvalue weighted by Crippen LogP contribution is -2.39. The number of aryl methyl sites for hydroxylation is 1. The third-order valence-corrected chi connectivity index (χ3v) is 4.39. The molecular weight excluding hydrogens is 276 g/mol. The molecule has 1 aliphatic heterocycles. The van der Waals surface area contributed by atoms with Crippen molar-refractivity contribution in [3.63, 3.8) is 0 Å². The van der Waals surface area contributed by atoms with Gasteiger partial charge in [-0.05, 0) is 42.9 Å². The maximum absolute atomic E-state index is 12.5. The van der Waals surface area contributed by atoms with E-state index in [1.807, 2.05) is 23.2 Å². The summed E-state index contributed by atoms with van der Waals surface area (Å²) in [5.74, 6) is 1.71. The molecule has 1 saturated heterocycles. The van der Waals surface area contributed by atoms with Gasteiger partial charge in [-0.3, -0.25) is 9.78 Å². The number of imidazole rings is 1. The third-order valence-electron chi connectivity index (χ3n) is 4.39. The van der Waals surface area contributed by atoms with Crippen LogP contribution < -0.4 is 0 Å². The molecule has 2 aromatic heterocycles. The van der Waals surface area contributed by atoms with E-state index in [2.05, 4.69) is 21.9 Å². The quantitative estimate of drug-likeness (QED) is 0.943. The molecule has 116 valence electrons. The minimum atomic E-state index is 0.0618. The van der Waals surface area contributed by atoms with Gasteiger partial charge < -0.3 is 9.88 Å². The highest BCUT2D eigenvalue weighted by atomic mass is 16.2. The zero-order valence-electron chi connectivity index (χ0n) is 13.0. The van der Waals surface area contributed by atoms with Crippen molar-refractivity contribution < 1.29 is 4.79 Å². The monoisotopic (exact) mass is 298 g/mol. The topological polar surface area (TPSA) is 61.9 Å². The van der Waals surface area contributed by atoms with Crippen LogP contribution in [0.15, 0.2) is 30.7 Å². The summed E-state index contributed by atoms with van der Waals surface area (Å²) in [6, 6.07) is 3.88. The maximum Gasteiger partial charge on any atom is 0.272 e. The molecule has 0 spiro atoms. The van der Waals surface area contributed by atoms with Crippen LogP contribution in [0.2, 0.25) is 0 Å². The minimum Gasteiger partial charge on any atom is -0.349 e. The molecule has 5 heteroatoms. The summed E-state index contributed by atoms with van der Waals surface area (Å²) in [5.41, 5.74) is 1.73. The molecule has 0 saturated carbocycles. The van der Waals surface area contributed by atoms with E-state index >= 15 is 0 Å². The number of hydrogen-bond donors (Lipinski definition) is 1. The molecule has 1 amide bonds. The summed E-state index contributed by atoms with van der Waals surface area (Å²) in [6.07, 6.45) is 9.34. The first-order valence-corrected chi connectivity index (χ1v) is 7.98. The molecule has 1 N–H and O–H groups in total. The van der Waals surface area contributed by atoms with Gasteiger partial charge >= 0.3 is 0 Å². The predicted octanol–water partition coefficient (Wildman–Crippen LogP) is 2.46. The average molecular weight is 298 g/mol. The van der Waals surface area contributed by atoms with Gasteiger partial charge in [-0.2, -0.15) is 0 Å². The Morgan fingerprint density at radius 2 is 2.14 bits per heavy atom. The largest absolute Gasteiger partial charge is 0.349 e. The summed E-state index contributed by atoms with van der Waals surface area (Å²) in [7, 11) is 0. The summed E-state index contributed by atoms with van der Waals surface area (Å²) in [6.45, 7) is 3.70. The Labute approximate surface area is 130 Å². The van der Waals surface area contributed by atoms with E-state index in [1.54, 1.807) is 12.4 Å². The van der Waals surface area contributed by atoms with Crippen LogP contribution in [-0.2, 0) is 12.8 Å². The Morgan fingerprint density at radius 3 is 2.82 bits per heavy atom. The van der Waals surface area contributed by atoms with Gasteiger partial charge in [-0.1, -0.05) is 6.92 Å². The minimum absolute atomic E-state index is 0.0618. The Morgan fingerprint density at radius 1 is 1.32 bits per heavy atom. The number of pyridine rings is 1. The SMILES string of the molecule is CCc1ccnc(C(=O)N2CCC(Cc3ncc[nH]3)CC2)c1. The van der Waals surface area contributed by atoms with Crippen LogP contribution >= 0.6 is 0 Å². The normalized spacial score (nSPS) is 16.0. The molecule has 3 rings (SSSR count). The van der Waals surface area contributed by atoms with Gasteiger partial charge in [0.1, 0.15) is 11.5 Å². The Balaban J connectivity index is 1.57. The zero-order chi connectivity index (χ0) is 15.4. The van der Waals surface area contributed by atoms with Crippen LogP contribution in [0.1, 0.15) is 41.6 Å². The fourth-order valence-corrected chi connectivity index (χ4v) is 3.00. The highest BCUT2D eigenvalue weighted by molar-refractivity contribution is 5.92. The highest BCUT2D eigenvalue weighted by Crippen LogP contribution is 2.21. The number of piperidine rings is 1. The number of carbonyl (C=O) groups excluding carboxylic acids is 1. The molecule has 3 heterocycles. The first-order valence-electron chi connectivity index (χ1n) is 7.98. The standard InChI is InChI=1S/C17H22N4O/c1-2-13-3-6-18-15(11-13)17(22)21-9-4-14(5-10-21)12-16-19-7-8-20-16/h3,6-8,11,14H,2,4-5,9-10,12H2,1H3,(H,19,20). The van der Waals surface area contributed by atoms with Crippen LogP contribution in [0.25, 0.3) is 0 Å². The summed E-state index contributed by atoms with van der Waals surface area (Å²) >= 11 is 0. The molecule has 0 aromatic carbocycles. The summed E-state index contributed by atoms with van der Waals surface area (Å²) in [5, 5.41) is 0. The average Bonchev–Trinajstić information content (AvgIpc) is 3.08.